The molecule has 0 aromatic carbocycles. The molecule has 0 aromatic rings. The van der Waals surface area contributed by atoms with Crippen molar-refractivity contribution >= 4 is 19.8 Å². The average molecular weight is 829 g/mol. The predicted molar refractivity (Wildman–Crippen MR) is 237 cm³/mol. The standard InChI is InChI=1S/C47H73O10P/c1-3-5-7-9-11-13-15-17-18-19-20-21-22-23-24-25-27-28-30-32-34-36-38-46(50)54-42-45(43-56-58(52,53)55-41-44(49)40-48)57-47(51)39-37-35-33-31-29-26-16-14-12-10-8-6-4-2/h5-8,10-14,16-18,20-21,23-24,26-29,44-45,48-49H,3-4,9,15,19,22,25,30-43H2,1-2H3,(H,52,53)/b7-5+,8-6+,12-10+,13-11+,16-14+,18-17+,21-20+,24-23+,28-27+,29-26+/t44-,45?/m1/s1. The molecule has 3 N–H and O–H groups in total. The molecular formula is C47H73O10P. The monoisotopic (exact) mass is 828 g/mol. The van der Waals surface area contributed by atoms with E-state index in [1.54, 1.807) is 0 Å². The molecule has 2 unspecified atom stereocenters. The van der Waals surface area contributed by atoms with E-state index >= 15 is 0 Å². The van der Waals surface area contributed by atoms with Gasteiger partial charge in [0.25, 0.3) is 0 Å². The number of hydrogen-bond acceptors (Lipinski definition) is 9. The van der Waals surface area contributed by atoms with E-state index in [-0.39, 0.29) is 19.4 Å². The fourth-order valence-electron chi connectivity index (χ4n) is 4.77. The highest BCUT2D eigenvalue weighted by molar-refractivity contribution is 7.47. The van der Waals surface area contributed by atoms with Gasteiger partial charge in [-0.25, -0.2) is 4.57 Å². The minimum Gasteiger partial charge on any atom is -0.462 e. The van der Waals surface area contributed by atoms with Gasteiger partial charge in [-0.3, -0.25) is 18.6 Å². The molecule has 0 aliphatic rings. The molecule has 0 saturated carbocycles. The summed E-state index contributed by atoms with van der Waals surface area (Å²) >= 11 is 0. The average Bonchev–Trinajstić information content (AvgIpc) is 3.21. The van der Waals surface area contributed by atoms with Crippen LogP contribution >= 0.6 is 7.82 Å². The van der Waals surface area contributed by atoms with Gasteiger partial charge in [0.15, 0.2) is 6.10 Å². The van der Waals surface area contributed by atoms with Crippen molar-refractivity contribution < 1.29 is 47.8 Å². The summed E-state index contributed by atoms with van der Waals surface area (Å²) in [5.74, 6) is -1.03. The Morgan fingerprint density at radius 2 is 0.983 bits per heavy atom. The molecule has 0 heterocycles. The van der Waals surface area contributed by atoms with Gasteiger partial charge >= 0.3 is 19.8 Å². The molecule has 326 valence electrons. The smallest absolute Gasteiger partial charge is 0.462 e. The van der Waals surface area contributed by atoms with Crippen LogP contribution in [0.3, 0.4) is 0 Å². The van der Waals surface area contributed by atoms with Crippen LogP contribution in [0.15, 0.2) is 122 Å². The van der Waals surface area contributed by atoms with Crippen LogP contribution in [0.4, 0.5) is 0 Å². The Kier molecular flexibility index (Phi) is 38.9. The number of aliphatic hydroxyl groups excluding tert-OH is 2. The number of allylic oxidation sites excluding steroid dienone is 20. The molecule has 0 amide bonds. The molecule has 0 aromatic heterocycles. The summed E-state index contributed by atoms with van der Waals surface area (Å²) in [5.41, 5.74) is 0. The van der Waals surface area contributed by atoms with Crippen LogP contribution in [0, 0.1) is 0 Å². The summed E-state index contributed by atoms with van der Waals surface area (Å²) < 4.78 is 32.6. The highest BCUT2D eigenvalue weighted by Crippen LogP contribution is 2.43. The molecule has 0 bridgehead atoms. The largest absolute Gasteiger partial charge is 0.472 e. The lowest BCUT2D eigenvalue weighted by atomic mass is 10.1. The van der Waals surface area contributed by atoms with Crippen LogP contribution in [0.25, 0.3) is 0 Å². The van der Waals surface area contributed by atoms with Crippen LogP contribution in [-0.4, -0.2) is 65.7 Å². The number of ether oxygens (including phenoxy) is 2. The van der Waals surface area contributed by atoms with Crippen molar-refractivity contribution in [2.24, 2.45) is 0 Å². The molecule has 11 heteroatoms. The van der Waals surface area contributed by atoms with Crippen molar-refractivity contribution in [2.75, 3.05) is 26.4 Å². The summed E-state index contributed by atoms with van der Waals surface area (Å²) in [6.45, 7) is 1.99. The Morgan fingerprint density at radius 3 is 1.52 bits per heavy atom. The normalized spacial score (nSPS) is 15.1. The van der Waals surface area contributed by atoms with Crippen LogP contribution in [-0.2, 0) is 32.7 Å². The molecule has 58 heavy (non-hydrogen) atoms. The molecule has 0 fully saturated rings. The Balaban J connectivity index is 4.43. The van der Waals surface area contributed by atoms with Gasteiger partial charge in [0.1, 0.15) is 12.7 Å². The van der Waals surface area contributed by atoms with Crippen LogP contribution in [0.2, 0.25) is 0 Å². The van der Waals surface area contributed by atoms with E-state index in [2.05, 4.69) is 103 Å². The second-order valence-electron chi connectivity index (χ2n) is 13.3. The van der Waals surface area contributed by atoms with Gasteiger partial charge in [0.2, 0.25) is 0 Å². The number of esters is 2. The number of hydrogen-bond donors (Lipinski definition) is 3. The maximum Gasteiger partial charge on any atom is 0.472 e. The first-order valence-corrected chi connectivity index (χ1v) is 22.5. The molecule has 0 rings (SSSR count). The maximum absolute atomic E-state index is 12.6. The lowest BCUT2D eigenvalue weighted by Crippen LogP contribution is -2.29. The van der Waals surface area contributed by atoms with Gasteiger partial charge in [-0.2, -0.15) is 0 Å². The third-order valence-corrected chi connectivity index (χ3v) is 8.91. The molecular weight excluding hydrogens is 755 g/mol. The van der Waals surface area contributed by atoms with Gasteiger partial charge in [0, 0.05) is 12.8 Å². The van der Waals surface area contributed by atoms with Crippen molar-refractivity contribution in [1.82, 2.24) is 0 Å². The molecule has 3 atom stereocenters. The Labute approximate surface area is 349 Å². The number of phosphoric acid groups is 1. The summed E-state index contributed by atoms with van der Waals surface area (Å²) in [4.78, 5) is 34.9. The van der Waals surface area contributed by atoms with Crippen molar-refractivity contribution in [1.29, 1.82) is 0 Å². The molecule has 0 aliphatic heterocycles. The van der Waals surface area contributed by atoms with E-state index in [9.17, 15) is 24.2 Å². The number of unbranched alkanes of at least 4 members (excludes halogenated alkanes) is 6. The number of carbonyl (C=O) groups is 2. The predicted octanol–water partition coefficient (Wildman–Crippen LogP) is 11.2. The van der Waals surface area contributed by atoms with Crippen molar-refractivity contribution in [3.63, 3.8) is 0 Å². The third-order valence-electron chi connectivity index (χ3n) is 7.96. The molecule has 0 saturated heterocycles. The third kappa shape index (κ3) is 40.6. The van der Waals surface area contributed by atoms with E-state index in [0.717, 1.165) is 83.5 Å². The quantitative estimate of drug-likeness (QED) is 0.0182. The van der Waals surface area contributed by atoms with Crippen LogP contribution in [0.1, 0.15) is 123 Å². The summed E-state index contributed by atoms with van der Waals surface area (Å²) in [5, 5.41) is 18.3. The number of rotatable bonds is 37. The minimum absolute atomic E-state index is 0.122. The molecule has 0 spiro atoms. The first kappa shape index (κ1) is 54.4. The first-order valence-electron chi connectivity index (χ1n) is 21.0. The maximum atomic E-state index is 12.6. The Bertz CT molecular complexity index is 1370. The number of carbonyl (C=O) groups excluding carboxylic acids is 2. The van der Waals surface area contributed by atoms with Crippen LogP contribution in [0.5, 0.6) is 0 Å². The Hall–Kier alpha value is -3.63. The van der Waals surface area contributed by atoms with Gasteiger partial charge < -0.3 is 24.6 Å². The van der Waals surface area contributed by atoms with E-state index in [4.69, 9.17) is 19.1 Å². The fraction of sp³-hybridized carbons (Fsp3) is 0.532. The number of aliphatic hydroxyl groups is 2. The molecule has 0 aliphatic carbocycles. The van der Waals surface area contributed by atoms with Gasteiger partial charge in [-0.15, -0.1) is 0 Å². The van der Waals surface area contributed by atoms with Gasteiger partial charge in [-0.05, 0) is 83.5 Å². The topological polar surface area (TPSA) is 149 Å². The zero-order valence-electron chi connectivity index (χ0n) is 35.2. The van der Waals surface area contributed by atoms with Crippen molar-refractivity contribution in [3.8, 4) is 0 Å². The van der Waals surface area contributed by atoms with E-state index in [1.807, 2.05) is 36.5 Å². The fourth-order valence-corrected chi connectivity index (χ4v) is 5.56. The van der Waals surface area contributed by atoms with E-state index in [0.29, 0.717) is 12.8 Å². The van der Waals surface area contributed by atoms with E-state index in [1.165, 1.54) is 0 Å². The molecule has 10 nitrogen and oxygen atoms in total. The summed E-state index contributed by atoms with van der Waals surface area (Å²) in [6.07, 6.45) is 53.2. The van der Waals surface area contributed by atoms with Gasteiger partial charge in [0.05, 0.1) is 19.8 Å². The van der Waals surface area contributed by atoms with E-state index < -0.39 is 51.8 Å². The zero-order chi connectivity index (χ0) is 42.6. The zero-order valence-corrected chi connectivity index (χ0v) is 36.1. The molecule has 0 radical (unpaired) electrons. The van der Waals surface area contributed by atoms with Crippen LogP contribution < -0.4 is 0 Å². The summed E-state index contributed by atoms with van der Waals surface area (Å²) in [7, 11) is -4.64. The number of phosphoric ester groups is 1. The highest BCUT2D eigenvalue weighted by Gasteiger charge is 2.27. The van der Waals surface area contributed by atoms with Gasteiger partial charge in [-0.1, -0.05) is 148 Å². The van der Waals surface area contributed by atoms with Crippen molar-refractivity contribution in [3.05, 3.63) is 122 Å². The lowest BCUT2D eigenvalue weighted by Gasteiger charge is -2.20. The second-order valence-corrected chi connectivity index (χ2v) is 14.8. The summed E-state index contributed by atoms with van der Waals surface area (Å²) in [6, 6.07) is 0. The minimum atomic E-state index is -4.64. The SMILES string of the molecule is CC/C=C/C=C/C=C/C=C/CCCCCC(=O)OC(COC(=O)CCCCC/C=C/C/C=C/C/C=C/C/C=C/C/C=C/C/C=C/CC)COP(=O)(O)OC[C@H](O)CO. The highest BCUT2D eigenvalue weighted by atomic mass is 31.2. The van der Waals surface area contributed by atoms with Crippen molar-refractivity contribution in [2.45, 2.75) is 135 Å². The second kappa shape index (κ2) is 41.5. The Morgan fingerprint density at radius 1 is 0.534 bits per heavy atom. The first-order chi connectivity index (χ1) is 28.2. The lowest BCUT2D eigenvalue weighted by molar-refractivity contribution is -0.161.